The highest BCUT2D eigenvalue weighted by molar-refractivity contribution is 8.55. The fraction of sp³-hybridized carbons (Fsp3) is 0.455. The molecule has 0 aromatic heterocycles. The van der Waals surface area contributed by atoms with E-state index in [1.807, 2.05) is 0 Å². The number of hydrogen-bond acceptors (Lipinski definition) is 2. The van der Waals surface area contributed by atoms with Crippen LogP contribution in [-0.4, -0.2) is 37.4 Å². The molecule has 1 aliphatic rings. The molecule has 2 rings (SSSR count). The quantitative estimate of drug-likeness (QED) is 0.567. The van der Waals surface area contributed by atoms with Gasteiger partial charge >= 0.3 is 0 Å². The second-order valence-electron chi connectivity index (χ2n) is 4.01. The summed E-state index contributed by atoms with van der Waals surface area (Å²) in [6, 6.07) is 10.8. The van der Waals surface area contributed by atoms with Crippen LogP contribution in [0.15, 0.2) is 30.3 Å². The molecule has 0 amide bonds. The van der Waals surface area contributed by atoms with Crippen molar-refractivity contribution < 1.29 is 0 Å². The van der Waals surface area contributed by atoms with Gasteiger partial charge < -0.3 is 0 Å². The maximum absolute atomic E-state index is 4.96. The van der Waals surface area contributed by atoms with E-state index in [0.29, 0.717) is 0 Å². The summed E-state index contributed by atoms with van der Waals surface area (Å²) in [6.45, 7) is 1.30. The maximum Gasteiger partial charge on any atom is 0.105 e. The smallest absolute Gasteiger partial charge is 0.105 e. The molecular weight excluding hydrogens is 209 g/mol. The van der Waals surface area contributed by atoms with Crippen LogP contribution < -0.4 is 5.30 Å². The van der Waals surface area contributed by atoms with Gasteiger partial charge in [0.25, 0.3) is 0 Å². The van der Waals surface area contributed by atoms with Crippen molar-refractivity contribution in [3.05, 3.63) is 30.3 Å². The van der Waals surface area contributed by atoms with Gasteiger partial charge in [0.1, 0.15) is 11.8 Å². The molecule has 0 saturated carbocycles. The van der Waals surface area contributed by atoms with Crippen molar-refractivity contribution in [1.29, 1.82) is 0 Å². The normalized spacial score (nSPS) is 22.1. The minimum absolute atomic E-state index is 1.10. The zero-order chi connectivity index (χ0) is 10.0. The van der Waals surface area contributed by atoms with E-state index in [2.05, 4.69) is 42.3 Å². The largest absolute Gasteiger partial charge is 0.299 e. The molecule has 0 N–H and O–H groups in total. The van der Waals surface area contributed by atoms with Gasteiger partial charge in [0.2, 0.25) is 0 Å². The van der Waals surface area contributed by atoms with E-state index >= 15 is 0 Å². The summed E-state index contributed by atoms with van der Waals surface area (Å²) in [7, 11) is 2.20. The van der Waals surface area contributed by atoms with Gasteiger partial charge in [0, 0.05) is 25.3 Å². The van der Waals surface area contributed by atoms with E-state index in [1.165, 1.54) is 30.7 Å². The van der Waals surface area contributed by atoms with Crippen LogP contribution in [0.4, 0.5) is 0 Å². The first-order valence-corrected chi connectivity index (χ1v) is 8.36. The van der Waals surface area contributed by atoms with Gasteiger partial charge in [-0.2, -0.15) is 0 Å². The Morgan fingerprint density at radius 3 is 2.29 bits per heavy atom. The molecule has 0 bridgehead atoms. The highest BCUT2D eigenvalue weighted by Gasteiger charge is 2.39. The number of hydrogen-bond donors (Lipinski definition) is 1. The second kappa shape index (κ2) is 4.22. The van der Waals surface area contributed by atoms with Crippen LogP contribution in [0.1, 0.15) is 0 Å². The third kappa shape index (κ3) is 2.13. The molecule has 1 nitrogen and oxygen atoms in total. The summed E-state index contributed by atoms with van der Waals surface area (Å²) in [5.41, 5.74) is 0. The molecule has 0 radical (unpaired) electrons. The maximum atomic E-state index is 4.96. The lowest BCUT2D eigenvalue weighted by atomic mass is 10.4. The molecule has 1 fully saturated rings. The molecule has 1 saturated heterocycles. The van der Waals surface area contributed by atoms with Crippen molar-refractivity contribution in [1.82, 2.24) is 4.90 Å². The summed E-state index contributed by atoms with van der Waals surface area (Å²) in [5.74, 6) is 0. The van der Waals surface area contributed by atoms with E-state index in [-0.39, 0.29) is 0 Å². The molecule has 76 valence electrons. The van der Waals surface area contributed by atoms with Crippen molar-refractivity contribution in [2.24, 2.45) is 0 Å². The molecule has 3 heteroatoms. The number of benzene rings is 1. The first-order valence-electron chi connectivity index (χ1n) is 5.05. The lowest BCUT2D eigenvalue weighted by Gasteiger charge is -2.30. The van der Waals surface area contributed by atoms with E-state index in [1.54, 1.807) is 0 Å². The Balaban J connectivity index is 2.17. The zero-order valence-corrected chi connectivity index (χ0v) is 10.3. The fourth-order valence-electron chi connectivity index (χ4n) is 1.86. The third-order valence-electron chi connectivity index (χ3n) is 2.94. The van der Waals surface area contributed by atoms with Gasteiger partial charge in [-0.1, -0.05) is 18.2 Å². The molecule has 0 atom stereocenters. The fourth-order valence-corrected chi connectivity index (χ4v) is 5.61. The Morgan fingerprint density at radius 2 is 1.71 bits per heavy atom. The van der Waals surface area contributed by atoms with Crippen LogP contribution in [0.3, 0.4) is 0 Å². The van der Waals surface area contributed by atoms with Crippen LogP contribution in [0.5, 0.6) is 0 Å². The molecule has 1 aliphatic heterocycles. The minimum Gasteiger partial charge on any atom is -0.299 e. The Morgan fingerprint density at radius 1 is 1.14 bits per heavy atom. The molecule has 1 aromatic carbocycles. The third-order valence-corrected chi connectivity index (χ3v) is 7.97. The summed E-state index contributed by atoms with van der Waals surface area (Å²) < 4.78 is 0. The second-order valence-corrected chi connectivity index (χ2v) is 9.56. The van der Waals surface area contributed by atoms with Gasteiger partial charge in [0.05, 0.1) is 12.3 Å². The molecule has 1 aromatic rings. The predicted molar refractivity (Wildman–Crippen MR) is 69.2 cm³/mol. The average Bonchev–Trinajstić information content (AvgIpc) is 2.24. The summed E-state index contributed by atoms with van der Waals surface area (Å²) in [4.78, 5) is 2.40. The first kappa shape index (κ1) is 10.5. The van der Waals surface area contributed by atoms with Crippen LogP contribution in [0.2, 0.25) is 0 Å². The minimum atomic E-state index is -1.10. The standard InChI is InChI=1S/C11H17NPS/c1-12-7-9-13(14,10-8-12)11-5-3-2-4-6-11/h2-6,14H,7-10H2,1H3/q+1. The first-order chi connectivity index (χ1) is 6.71. The number of nitrogens with zero attached hydrogens (tertiary/aromatic N) is 1. The van der Waals surface area contributed by atoms with Gasteiger partial charge in [-0.05, 0) is 19.2 Å². The highest BCUT2D eigenvalue weighted by atomic mass is 32.7. The zero-order valence-electron chi connectivity index (χ0n) is 8.56. The van der Waals surface area contributed by atoms with Gasteiger partial charge in [-0.15, -0.1) is 0 Å². The van der Waals surface area contributed by atoms with Crippen LogP contribution in [0, 0.1) is 0 Å². The van der Waals surface area contributed by atoms with Crippen molar-refractivity contribution in [3.8, 4) is 0 Å². The number of thiol groups is 1. The van der Waals surface area contributed by atoms with E-state index < -0.39 is 6.46 Å². The topological polar surface area (TPSA) is 3.24 Å². The Hall–Kier alpha value is -0.0400. The monoisotopic (exact) mass is 226 g/mol. The summed E-state index contributed by atoms with van der Waals surface area (Å²) in [5, 5.41) is 1.48. The molecule has 14 heavy (non-hydrogen) atoms. The SMILES string of the molecule is CN1CC[P+](S)(c2ccccc2)CC1. The molecule has 1 heterocycles. The van der Waals surface area contributed by atoms with Gasteiger partial charge in [-0.25, -0.2) is 0 Å². The van der Waals surface area contributed by atoms with Crippen LogP contribution in [-0.2, 0) is 0 Å². The van der Waals surface area contributed by atoms with Gasteiger partial charge in [0.15, 0.2) is 0 Å². The molecule has 0 unspecified atom stereocenters. The Kier molecular flexibility index (Phi) is 3.16. The van der Waals surface area contributed by atoms with Crippen LogP contribution in [0.25, 0.3) is 0 Å². The van der Waals surface area contributed by atoms with E-state index in [0.717, 1.165) is 0 Å². The summed E-state index contributed by atoms with van der Waals surface area (Å²) >= 11 is 4.96. The average molecular weight is 226 g/mol. The molecule has 0 aliphatic carbocycles. The molecular formula is C11H17NPS+. The van der Waals surface area contributed by atoms with Crippen LogP contribution >= 0.6 is 18.7 Å². The number of rotatable bonds is 1. The summed E-state index contributed by atoms with van der Waals surface area (Å²) in [6.07, 6.45) is 2.52. The van der Waals surface area contributed by atoms with Crippen molar-refractivity contribution >= 4 is 24.0 Å². The van der Waals surface area contributed by atoms with Crippen molar-refractivity contribution in [2.75, 3.05) is 32.5 Å². The van der Waals surface area contributed by atoms with Crippen molar-refractivity contribution in [2.45, 2.75) is 0 Å². The van der Waals surface area contributed by atoms with Gasteiger partial charge in [-0.3, -0.25) is 4.90 Å². The van der Waals surface area contributed by atoms with Crippen molar-refractivity contribution in [3.63, 3.8) is 0 Å². The highest BCUT2D eigenvalue weighted by Crippen LogP contribution is 2.62. The Bertz CT molecular complexity index is 293. The van der Waals surface area contributed by atoms with E-state index in [9.17, 15) is 0 Å². The Labute approximate surface area is 92.0 Å². The molecule has 0 spiro atoms. The lowest BCUT2D eigenvalue weighted by Crippen LogP contribution is -2.35. The van der Waals surface area contributed by atoms with E-state index in [4.69, 9.17) is 12.2 Å². The predicted octanol–water partition coefficient (Wildman–Crippen LogP) is 2.12. The lowest BCUT2D eigenvalue weighted by molar-refractivity contribution is 0.368.